The van der Waals surface area contributed by atoms with Crippen LogP contribution in [-0.4, -0.2) is 21.6 Å². The van der Waals surface area contributed by atoms with E-state index in [1.165, 1.54) is 24.9 Å². The van der Waals surface area contributed by atoms with Crippen molar-refractivity contribution < 1.29 is 4.43 Å². The van der Waals surface area contributed by atoms with Crippen LogP contribution in [0.15, 0.2) is 0 Å². The fraction of sp³-hybridized carbons (Fsp3) is 1.00. The molecule has 1 N–H and O–H groups in total. The Labute approximate surface area is 70.5 Å². The number of rotatable bonds is 5. The van der Waals surface area contributed by atoms with Gasteiger partial charge in [0.1, 0.15) is 0 Å². The third-order valence-corrected chi connectivity index (χ3v) is 6.34. The Morgan fingerprint density at radius 1 is 1.36 bits per heavy atom. The normalized spacial score (nSPS) is 21.3. The molecule has 1 saturated heterocycles. The fourth-order valence-electron chi connectivity index (χ4n) is 1.50. The molecule has 0 atom stereocenters. The minimum atomic E-state index is -1.31. The van der Waals surface area contributed by atoms with Gasteiger partial charge in [-0.1, -0.05) is 13.3 Å². The average molecular weight is 173 g/mol. The first-order valence-electron chi connectivity index (χ1n) is 4.72. The molecule has 1 heterocycles. The van der Waals surface area contributed by atoms with Crippen LogP contribution in [0.2, 0.25) is 12.1 Å². The van der Waals surface area contributed by atoms with Crippen LogP contribution >= 0.6 is 0 Å². The maximum atomic E-state index is 5.80. The van der Waals surface area contributed by atoms with E-state index in [4.69, 9.17) is 4.43 Å². The first kappa shape index (κ1) is 9.23. The minimum Gasteiger partial charge on any atom is -0.403 e. The van der Waals surface area contributed by atoms with Crippen LogP contribution in [-0.2, 0) is 4.43 Å². The lowest BCUT2D eigenvalue weighted by Crippen LogP contribution is -2.58. The monoisotopic (exact) mass is 173 g/mol. The van der Waals surface area contributed by atoms with E-state index < -0.39 is 8.48 Å². The third kappa shape index (κ3) is 2.29. The van der Waals surface area contributed by atoms with Crippen LogP contribution in [0, 0.1) is 0 Å². The fourth-order valence-corrected chi connectivity index (χ4v) is 4.50. The molecule has 0 amide bonds. The summed E-state index contributed by atoms with van der Waals surface area (Å²) in [6.07, 6.45) is 2.60. The van der Waals surface area contributed by atoms with Gasteiger partial charge in [0.2, 0.25) is 0 Å². The summed E-state index contributed by atoms with van der Waals surface area (Å²) in [5.74, 6) is 0. The molecule has 2 nitrogen and oxygen atoms in total. The maximum Gasteiger partial charge on any atom is 0.268 e. The Hall–Kier alpha value is 0.137. The average Bonchev–Trinajstić information content (AvgIpc) is 1.95. The molecular formula is C8H19NOSi. The number of hydrogen-bond acceptors (Lipinski definition) is 2. The lowest BCUT2D eigenvalue weighted by atomic mass is 10.5. The standard InChI is InChI=1S/C8H19NOSi/c1-3-6-9-11(10-4-2)7-5-8-11/h9H,3-8H2,1-2H3. The second kappa shape index (κ2) is 4.23. The molecule has 0 aliphatic carbocycles. The van der Waals surface area contributed by atoms with Crippen molar-refractivity contribution in [3.63, 3.8) is 0 Å². The van der Waals surface area contributed by atoms with Gasteiger partial charge in [-0.2, -0.15) is 0 Å². The zero-order chi connectivity index (χ0) is 8.16. The van der Waals surface area contributed by atoms with Crippen molar-refractivity contribution in [2.24, 2.45) is 0 Å². The molecule has 0 bridgehead atoms. The van der Waals surface area contributed by atoms with Crippen molar-refractivity contribution in [3.8, 4) is 0 Å². The molecule has 1 rings (SSSR count). The third-order valence-electron chi connectivity index (χ3n) is 2.28. The zero-order valence-corrected chi connectivity index (χ0v) is 8.65. The Kier molecular flexibility index (Phi) is 3.55. The highest BCUT2D eigenvalue weighted by Gasteiger charge is 2.41. The summed E-state index contributed by atoms with van der Waals surface area (Å²) < 4.78 is 5.80. The van der Waals surface area contributed by atoms with E-state index in [-0.39, 0.29) is 0 Å². The van der Waals surface area contributed by atoms with Crippen molar-refractivity contribution in [1.82, 2.24) is 4.98 Å². The second-order valence-electron chi connectivity index (χ2n) is 3.21. The van der Waals surface area contributed by atoms with Crippen LogP contribution < -0.4 is 4.98 Å². The Balaban J connectivity index is 2.22. The number of hydrogen-bond donors (Lipinski definition) is 1. The van der Waals surface area contributed by atoms with Crippen molar-refractivity contribution in [1.29, 1.82) is 0 Å². The van der Waals surface area contributed by atoms with Gasteiger partial charge in [-0.05, 0) is 32.0 Å². The topological polar surface area (TPSA) is 21.3 Å². The van der Waals surface area contributed by atoms with Gasteiger partial charge in [0.15, 0.2) is 0 Å². The first-order valence-corrected chi connectivity index (χ1v) is 7.04. The second-order valence-corrected chi connectivity index (χ2v) is 6.84. The van der Waals surface area contributed by atoms with Crippen molar-refractivity contribution >= 4 is 8.48 Å². The summed E-state index contributed by atoms with van der Waals surface area (Å²) >= 11 is 0. The van der Waals surface area contributed by atoms with Gasteiger partial charge >= 0.3 is 0 Å². The molecule has 0 radical (unpaired) electrons. The van der Waals surface area contributed by atoms with Gasteiger partial charge in [-0.15, -0.1) is 0 Å². The van der Waals surface area contributed by atoms with E-state index in [1.807, 2.05) is 0 Å². The van der Waals surface area contributed by atoms with Crippen molar-refractivity contribution in [2.45, 2.75) is 38.8 Å². The van der Waals surface area contributed by atoms with E-state index >= 15 is 0 Å². The van der Waals surface area contributed by atoms with E-state index in [9.17, 15) is 0 Å². The van der Waals surface area contributed by atoms with Crippen LogP contribution in [0.4, 0.5) is 0 Å². The van der Waals surface area contributed by atoms with Crippen LogP contribution in [0.5, 0.6) is 0 Å². The molecule has 66 valence electrons. The van der Waals surface area contributed by atoms with Gasteiger partial charge in [-0.3, -0.25) is 0 Å². The quantitative estimate of drug-likeness (QED) is 0.641. The van der Waals surface area contributed by atoms with Crippen LogP contribution in [0.3, 0.4) is 0 Å². The SMILES string of the molecule is CCCN[Si]1(OCC)CCC1. The highest BCUT2D eigenvalue weighted by atomic mass is 28.4. The minimum absolute atomic E-state index is 0.892. The molecule has 1 aliphatic heterocycles. The molecule has 1 fully saturated rings. The molecular weight excluding hydrogens is 154 g/mol. The lowest BCUT2D eigenvalue weighted by molar-refractivity contribution is 0.293. The van der Waals surface area contributed by atoms with E-state index in [0.29, 0.717) is 0 Å². The summed E-state index contributed by atoms with van der Waals surface area (Å²) in [6, 6.07) is 2.67. The summed E-state index contributed by atoms with van der Waals surface area (Å²) in [7, 11) is -1.31. The zero-order valence-electron chi connectivity index (χ0n) is 7.65. The molecule has 0 unspecified atom stereocenters. The summed E-state index contributed by atoms with van der Waals surface area (Å²) in [5, 5.41) is 0. The molecule has 0 aromatic heterocycles. The Morgan fingerprint density at radius 3 is 2.45 bits per heavy atom. The summed E-state index contributed by atoms with van der Waals surface area (Å²) in [6.45, 7) is 6.34. The van der Waals surface area contributed by atoms with E-state index in [0.717, 1.165) is 13.2 Å². The summed E-state index contributed by atoms with van der Waals surface area (Å²) in [5.41, 5.74) is 0. The van der Waals surface area contributed by atoms with Crippen molar-refractivity contribution in [3.05, 3.63) is 0 Å². The van der Waals surface area contributed by atoms with E-state index in [1.54, 1.807) is 0 Å². The molecule has 0 aromatic carbocycles. The molecule has 1 aliphatic rings. The highest BCUT2D eigenvalue weighted by Crippen LogP contribution is 2.30. The van der Waals surface area contributed by atoms with Gasteiger partial charge in [-0.25, -0.2) is 0 Å². The van der Waals surface area contributed by atoms with Crippen LogP contribution in [0.1, 0.15) is 26.7 Å². The maximum absolute atomic E-state index is 5.80. The molecule has 11 heavy (non-hydrogen) atoms. The van der Waals surface area contributed by atoms with Gasteiger partial charge in [0.25, 0.3) is 8.48 Å². The van der Waals surface area contributed by atoms with Gasteiger partial charge in [0.05, 0.1) is 0 Å². The molecule has 0 aromatic rings. The van der Waals surface area contributed by atoms with Crippen molar-refractivity contribution in [2.75, 3.05) is 13.2 Å². The first-order chi connectivity index (χ1) is 5.33. The lowest BCUT2D eigenvalue weighted by Gasteiger charge is -2.38. The molecule has 0 saturated carbocycles. The van der Waals surface area contributed by atoms with Gasteiger partial charge < -0.3 is 9.41 Å². The predicted molar refractivity (Wildman–Crippen MR) is 49.9 cm³/mol. The van der Waals surface area contributed by atoms with Crippen LogP contribution in [0.25, 0.3) is 0 Å². The molecule has 3 heteroatoms. The highest BCUT2D eigenvalue weighted by molar-refractivity contribution is 6.73. The Bertz CT molecular complexity index is 115. The number of nitrogens with one attached hydrogen (secondary N) is 1. The largest absolute Gasteiger partial charge is 0.403 e. The Morgan fingerprint density at radius 2 is 2.09 bits per heavy atom. The predicted octanol–water partition coefficient (Wildman–Crippen LogP) is 1.87. The molecule has 0 spiro atoms. The van der Waals surface area contributed by atoms with E-state index in [2.05, 4.69) is 18.8 Å². The smallest absolute Gasteiger partial charge is 0.268 e. The summed E-state index contributed by atoms with van der Waals surface area (Å²) in [4.78, 5) is 3.60. The van der Waals surface area contributed by atoms with Gasteiger partial charge in [0, 0.05) is 6.61 Å².